The zero-order chi connectivity index (χ0) is 11.4. The number of nitrogens with two attached hydrogens (primary N) is 1. The van der Waals surface area contributed by atoms with Gasteiger partial charge < -0.3 is 10.6 Å². The maximum Gasteiger partial charge on any atom is 0.222 e. The molecule has 0 bridgehead atoms. The summed E-state index contributed by atoms with van der Waals surface area (Å²) >= 11 is 0. The van der Waals surface area contributed by atoms with E-state index in [9.17, 15) is 9.18 Å². The van der Waals surface area contributed by atoms with Gasteiger partial charge in [0.2, 0.25) is 5.91 Å². The minimum Gasteiger partial charge on any atom is -0.399 e. The van der Waals surface area contributed by atoms with Gasteiger partial charge in [0.05, 0.1) is 0 Å². The average Bonchev–Trinajstić information content (AvgIpc) is 2.15. The van der Waals surface area contributed by atoms with Crippen molar-refractivity contribution in [2.75, 3.05) is 19.8 Å². The van der Waals surface area contributed by atoms with Crippen LogP contribution in [0.2, 0.25) is 0 Å². The first-order valence-corrected chi connectivity index (χ1v) is 4.74. The van der Waals surface area contributed by atoms with Crippen LogP contribution in [0.15, 0.2) is 18.2 Å². The number of amides is 1. The highest BCUT2D eigenvalue weighted by molar-refractivity contribution is 5.75. The van der Waals surface area contributed by atoms with Crippen LogP contribution in [0, 0.1) is 5.82 Å². The van der Waals surface area contributed by atoms with E-state index in [1.165, 1.54) is 11.0 Å². The number of carbonyl (C=O) groups excluding carboxylic acids is 1. The van der Waals surface area contributed by atoms with Gasteiger partial charge in [0.25, 0.3) is 0 Å². The zero-order valence-corrected chi connectivity index (χ0v) is 8.96. The summed E-state index contributed by atoms with van der Waals surface area (Å²) in [6.07, 6.45) is 0.719. The lowest BCUT2D eigenvalue weighted by atomic mass is 10.1. The van der Waals surface area contributed by atoms with Crippen molar-refractivity contribution in [3.63, 3.8) is 0 Å². The Hall–Kier alpha value is -1.58. The molecule has 0 fully saturated rings. The molecule has 2 N–H and O–H groups in total. The molecular formula is C11H15FN2O. The number of benzene rings is 1. The van der Waals surface area contributed by atoms with Crippen LogP contribution in [0.25, 0.3) is 0 Å². The minimum atomic E-state index is -0.346. The topological polar surface area (TPSA) is 46.3 Å². The fraction of sp³-hybridized carbons (Fsp3) is 0.364. The first-order chi connectivity index (χ1) is 7.00. The van der Waals surface area contributed by atoms with Gasteiger partial charge in [-0.05, 0) is 24.1 Å². The number of nitrogens with zero attached hydrogens (tertiary/aromatic N) is 1. The molecule has 1 rings (SSSR count). The van der Waals surface area contributed by atoms with Crippen LogP contribution in [0.3, 0.4) is 0 Å². The molecule has 4 heteroatoms. The maximum atomic E-state index is 13.3. The van der Waals surface area contributed by atoms with Crippen LogP contribution < -0.4 is 5.73 Å². The fourth-order valence-electron chi connectivity index (χ4n) is 1.23. The molecule has 0 aliphatic carbocycles. The van der Waals surface area contributed by atoms with Crippen LogP contribution in [-0.4, -0.2) is 24.9 Å². The molecule has 82 valence electrons. The van der Waals surface area contributed by atoms with E-state index in [-0.39, 0.29) is 11.7 Å². The summed E-state index contributed by atoms with van der Waals surface area (Å²) in [6.45, 7) is 0. The monoisotopic (exact) mass is 210 g/mol. The van der Waals surface area contributed by atoms with Gasteiger partial charge in [-0.25, -0.2) is 4.39 Å². The smallest absolute Gasteiger partial charge is 0.222 e. The van der Waals surface area contributed by atoms with Crippen LogP contribution in [-0.2, 0) is 11.2 Å². The van der Waals surface area contributed by atoms with Crippen LogP contribution in [0.4, 0.5) is 10.1 Å². The Kier molecular flexibility index (Phi) is 3.66. The number of rotatable bonds is 3. The van der Waals surface area contributed by atoms with E-state index < -0.39 is 0 Å². The van der Waals surface area contributed by atoms with Gasteiger partial charge in [-0.3, -0.25) is 4.79 Å². The molecule has 15 heavy (non-hydrogen) atoms. The largest absolute Gasteiger partial charge is 0.399 e. The van der Waals surface area contributed by atoms with Gasteiger partial charge in [0.15, 0.2) is 0 Å². The maximum absolute atomic E-state index is 13.3. The summed E-state index contributed by atoms with van der Waals surface area (Å²) in [5.41, 5.74) is 6.34. The van der Waals surface area contributed by atoms with E-state index in [0.717, 1.165) is 0 Å². The molecule has 0 aliphatic heterocycles. The SMILES string of the molecule is CN(C)C(=O)CCc1ccc(N)cc1F. The Balaban J connectivity index is 2.62. The molecule has 0 aliphatic rings. The molecule has 0 unspecified atom stereocenters. The molecule has 1 aromatic rings. The van der Waals surface area contributed by atoms with Crippen molar-refractivity contribution < 1.29 is 9.18 Å². The molecule has 0 atom stereocenters. The van der Waals surface area contributed by atoms with Crippen LogP contribution in [0.5, 0.6) is 0 Å². The van der Waals surface area contributed by atoms with E-state index in [1.807, 2.05) is 0 Å². The van der Waals surface area contributed by atoms with E-state index >= 15 is 0 Å². The normalized spacial score (nSPS) is 10.1. The van der Waals surface area contributed by atoms with Gasteiger partial charge in [0, 0.05) is 26.2 Å². The van der Waals surface area contributed by atoms with E-state index in [2.05, 4.69) is 0 Å². The Bertz CT molecular complexity index is 364. The van der Waals surface area contributed by atoms with Gasteiger partial charge in [-0.1, -0.05) is 6.07 Å². The second-order valence-electron chi connectivity index (χ2n) is 3.64. The van der Waals surface area contributed by atoms with Crippen molar-refractivity contribution in [3.8, 4) is 0 Å². The van der Waals surface area contributed by atoms with Crippen LogP contribution in [0.1, 0.15) is 12.0 Å². The molecule has 1 aromatic carbocycles. The second-order valence-corrected chi connectivity index (χ2v) is 3.64. The molecular weight excluding hydrogens is 195 g/mol. The third-order valence-corrected chi connectivity index (χ3v) is 2.18. The number of nitrogen functional groups attached to an aromatic ring is 1. The third kappa shape index (κ3) is 3.23. The quantitative estimate of drug-likeness (QED) is 0.767. The van der Waals surface area contributed by atoms with Crippen LogP contribution >= 0.6 is 0 Å². The number of hydrogen-bond acceptors (Lipinski definition) is 2. The number of anilines is 1. The number of halogens is 1. The van der Waals surface area contributed by atoms with Gasteiger partial charge in [0.1, 0.15) is 5.82 Å². The molecule has 0 heterocycles. The highest BCUT2D eigenvalue weighted by Crippen LogP contribution is 2.13. The lowest BCUT2D eigenvalue weighted by molar-refractivity contribution is -0.128. The second kappa shape index (κ2) is 4.77. The summed E-state index contributed by atoms with van der Waals surface area (Å²) in [5, 5.41) is 0. The standard InChI is InChI=1S/C11H15FN2O/c1-14(2)11(15)6-4-8-3-5-9(13)7-10(8)12/h3,5,7H,4,6,13H2,1-2H3. The number of hydrogen-bond donors (Lipinski definition) is 1. The Labute approximate surface area is 88.7 Å². The van der Waals surface area contributed by atoms with Gasteiger partial charge in [-0.15, -0.1) is 0 Å². The lowest BCUT2D eigenvalue weighted by Gasteiger charge is -2.10. The summed E-state index contributed by atoms with van der Waals surface area (Å²) < 4.78 is 13.3. The molecule has 0 saturated heterocycles. The summed E-state index contributed by atoms with van der Waals surface area (Å²) in [5.74, 6) is -0.354. The van der Waals surface area contributed by atoms with Crippen molar-refractivity contribution in [2.45, 2.75) is 12.8 Å². The molecule has 1 amide bonds. The first-order valence-electron chi connectivity index (χ1n) is 4.74. The van der Waals surface area contributed by atoms with Crippen molar-refractivity contribution >= 4 is 11.6 Å². The fourth-order valence-corrected chi connectivity index (χ4v) is 1.23. The Morgan fingerprint density at radius 3 is 2.67 bits per heavy atom. The van der Waals surface area contributed by atoms with Crippen molar-refractivity contribution in [2.24, 2.45) is 0 Å². The predicted octanol–water partition coefficient (Wildman–Crippen LogP) is 1.43. The van der Waals surface area contributed by atoms with E-state index in [4.69, 9.17) is 5.73 Å². The Morgan fingerprint density at radius 1 is 1.47 bits per heavy atom. The zero-order valence-electron chi connectivity index (χ0n) is 8.96. The van der Waals surface area contributed by atoms with Gasteiger partial charge in [-0.2, -0.15) is 0 Å². The van der Waals surface area contributed by atoms with Crippen molar-refractivity contribution in [3.05, 3.63) is 29.6 Å². The van der Waals surface area contributed by atoms with Crippen molar-refractivity contribution in [1.29, 1.82) is 0 Å². The number of carbonyl (C=O) groups is 1. The molecule has 3 nitrogen and oxygen atoms in total. The van der Waals surface area contributed by atoms with E-state index in [1.54, 1.807) is 26.2 Å². The predicted molar refractivity (Wildman–Crippen MR) is 57.8 cm³/mol. The summed E-state index contributed by atoms with van der Waals surface area (Å²) in [7, 11) is 3.36. The lowest BCUT2D eigenvalue weighted by Crippen LogP contribution is -2.21. The van der Waals surface area contributed by atoms with Crippen molar-refractivity contribution in [1.82, 2.24) is 4.90 Å². The summed E-state index contributed by atoms with van der Waals surface area (Å²) in [6, 6.07) is 4.53. The minimum absolute atomic E-state index is 0.00812. The molecule has 0 radical (unpaired) electrons. The Morgan fingerprint density at radius 2 is 2.13 bits per heavy atom. The van der Waals surface area contributed by atoms with E-state index in [0.29, 0.717) is 24.1 Å². The highest BCUT2D eigenvalue weighted by atomic mass is 19.1. The van der Waals surface area contributed by atoms with Gasteiger partial charge >= 0.3 is 0 Å². The molecule has 0 spiro atoms. The molecule has 0 aromatic heterocycles. The average molecular weight is 210 g/mol. The highest BCUT2D eigenvalue weighted by Gasteiger charge is 2.07. The number of aryl methyl sites for hydroxylation is 1. The summed E-state index contributed by atoms with van der Waals surface area (Å²) in [4.78, 5) is 12.8. The molecule has 0 saturated carbocycles. The third-order valence-electron chi connectivity index (χ3n) is 2.18. The first kappa shape index (κ1) is 11.5.